The molecular formula is C17H11Cl2FN2O3. The highest BCUT2D eigenvalue weighted by Crippen LogP contribution is 2.36. The van der Waals surface area contributed by atoms with Crippen LogP contribution in [0.1, 0.15) is 11.5 Å². The summed E-state index contributed by atoms with van der Waals surface area (Å²) in [4.78, 5) is 4.17. The van der Waals surface area contributed by atoms with E-state index in [0.29, 0.717) is 11.1 Å². The maximum Gasteiger partial charge on any atom is 0.269 e. The lowest BCUT2D eigenvalue weighted by Crippen LogP contribution is -1.86. The molecule has 0 saturated carbocycles. The third-order valence-electron chi connectivity index (χ3n) is 3.30. The van der Waals surface area contributed by atoms with E-state index in [1.165, 1.54) is 43.5 Å². The van der Waals surface area contributed by atoms with Crippen molar-refractivity contribution in [3.05, 3.63) is 58.7 Å². The second kappa shape index (κ2) is 7.13. The highest BCUT2D eigenvalue weighted by atomic mass is 35.5. The second-order valence-electron chi connectivity index (χ2n) is 4.98. The Kier molecular flexibility index (Phi) is 4.92. The summed E-state index contributed by atoms with van der Waals surface area (Å²) in [5.74, 6) is 0.0603. The Balaban J connectivity index is 1.91. The average Bonchev–Trinajstić information content (AvgIpc) is 3.08. The number of phenolic OH excluding ortho intramolecular Hbond substituents is 1. The van der Waals surface area contributed by atoms with Gasteiger partial charge in [-0.25, -0.2) is 4.39 Å². The third-order valence-corrected chi connectivity index (χ3v) is 3.86. The molecule has 1 aromatic heterocycles. The molecule has 8 heteroatoms. The standard InChI is InChI=1S/C17H11Cl2FN2O3/c1-24-14-8-9(6-12(18)15(14)23)7-13(19)17-21-16(22-25-17)10-2-4-11(20)5-3-10/h2-8,23H,1H3/b13-7-. The zero-order valence-electron chi connectivity index (χ0n) is 12.8. The molecule has 0 saturated heterocycles. The van der Waals surface area contributed by atoms with Gasteiger partial charge in [-0.1, -0.05) is 28.4 Å². The molecule has 0 amide bonds. The molecule has 1 N–H and O–H groups in total. The van der Waals surface area contributed by atoms with Crippen molar-refractivity contribution in [3.8, 4) is 22.9 Å². The molecule has 3 rings (SSSR count). The summed E-state index contributed by atoms with van der Waals surface area (Å²) in [6.07, 6.45) is 1.54. The van der Waals surface area contributed by atoms with Gasteiger partial charge < -0.3 is 14.4 Å². The maximum atomic E-state index is 13.0. The summed E-state index contributed by atoms with van der Waals surface area (Å²) < 4.78 is 23.1. The van der Waals surface area contributed by atoms with Gasteiger partial charge >= 0.3 is 0 Å². The summed E-state index contributed by atoms with van der Waals surface area (Å²) in [5.41, 5.74) is 1.17. The van der Waals surface area contributed by atoms with Crippen molar-refractivity contribution in [2.24, 2.45) is 0 Å². The number of hydrogen-bond acceptors (Lipinski definition) is 5. The molecule has 5 nitrogen and oxygen atoms in total. The van der Waals surface area contributed by atoms with Crippen LogP contribution in [0.5, 0.6) is 11.5 Å². The Bertz CT molecular complexity index is 940. The second-order valence-corrected chi connectivity index (χ2v) is 5.79. The van der Waals surface area contributed by atoms with Gasteiger partial charge in [0.1, 0.15) is 10.8 Å². The minimum atomic E-state index is -0.358. The summed E-state index contributed by atoms with van der Waals surface area (Å²) >= 11 is 12.2. The Morgan fingerprint density at radius 2 is 2.00 bits per heavy atom. The topological polar surface area (TPSA) is 68.4 Å². The zero-order valence-corrected chi connectivity index (χ0v) is 14.3. The highest BCUT2D eigenvalue weighted by Gasteiger charge is 2.13. The molecule has 0 aliphatic carbocycles. The molecular weight excluding hydrogens is 370 g/mol. The number of hydrogen-bond donors (Lipinski definition) is 1. The molecule has 128 valence electrons. The van der Waals surface area contributed by atoms with Gasteiger partial charge in [0, 0.05) is 5.56 Å². The van der Waals surface area contributed by atoms with Crippen molar-refractivity contribution in [1.82, 2.24) is 10.1 Å². The van der Waals surface area contributed by atoms with Crippen LogP contribution >= 0.6 is 23.2 Å². The van der Waals surface area contributed by atoms with Gasteiger partial charge in [-0.05, 0) is 48.0 Å². The van der Waals surface area contributed by atoms with Crippen LogP contribution in [-0.2, 0) is 0 Å². The van der Waals surface area contributed by atoms with Crippen molar-refractivity contribution in [1.29, 1.82) is 0 Å². The molecule has 3 aromatic rings. The van der Waals surface area contributed by atoms with Crippen molar-refractivity contribution in [3.63, 3.8) is 0 Å². The molecule has 0 aliphatic heterocycles. The zero-order chi connectivity index (χ0) is 18.0. The maximum absolute atomic E-state index is 13.0. The number of benzene rings is 2. The molecule has 0 bridgehead atoms. The summed E-state index contributed by atoms with van der Waals surface area (Å²) in [7, 11) is 1.41. The van der Waals surface area contributed by atoms with Crippen LogP contribution in [-0.4, -0.2) is 22.4 Å². The van der Waals surface area contributed by atoms with Crippen LogP contribution in [0.3, 0.4) is 0 Å². The van der Waals surface area contributed by atoms with Crippen LogP contribution in [0.4, 0.5) is 4.39 Å². The number of ether oxygens (including phenoxy) is 1. The molecule has 25 heavy (non-hydrogen) atoms. The summed E-state index contributed by atoms with van der Waals surface area (Å²) in [6.45, 7) is 0. The average molecular weight is 381 g/mol. The van der Waals surface area contributed by atoms with Gasteiger partial charge in [0.15, 0.2) is 11.5 Å². The van der Waals surface area contributed by atoms with Crippen LogP contribution in [0.25, 0.3) is 22.5 Å². The van der Waals surface area contributed by atoms with Gasteiger partial charge in [0.2, 0.25) is 5.82 Å². The third kappa shape index (κ3) is 3.75. The Hall–Kier alpha value is -2.57. The number of rotatable bonds is 4. The van der Waals surface area contributed by atoms with E-state index in [1.807, 2.05) is 0 Å². The first-order valence-electron chi connectivity index (χ1n) is 7.01. The Labute approximate surface area is 152 Å². The van der Waals surface area contributed by atoms with Gasteiger partial charge in [0.25, 0.3) is 5.89 Å². The molecule has 1 heterocycles. The van der Waals surface area contributed by atoms with Crippen molar-refractivity contribution < 1.29 is 18.8 Å². The first-order chi connectivity index (χ1) is 12.0. The minimum Gasteiger partial charge on any atom is -0.503 e. The minimum absolute atomic E-state index is 0.0872. The van der Waals surface area contributed by atoms with Crippen LogP contribution < -0.4 is 4.74 Å². The Morgan fingerprint density at radius 3 is 2.68 bits per heavy atom. The molecule has 0 atom stereocenters. The van der Waals surface area contributed by atoms with Gasteiger partial charge in [0.05, 0.1) is 12.1 Å². The predicted octanol–water partition coefficient (Wildman–Crippen LogP) is 4.98. The first-order valence-corrected chi connectivity index (χ1v) is 7.77. The van der Waals surface area contributed by atoms with E-state index in [-0.39, 0.29) is 39.1 Å². The summed E-state index contributed by atoms with van der Waals surface area (Å²) in [5, 5.41) is 13.9. The van der Waals surface area contributed by atoms with E-state index in [2.05, 4.69) is 10.1 Å². The smallest absolute Gasteiger partial charge is 0.269 e. The molecule has 0 spiro atoms. The normalized spacial score (nSPS) is 11.6. The van der Waals surface area contributed by atoms with Crippen LogP contribution in [0.15, 0.2) is 40.9 Å². The number of aromatic hydroxyl groups is 1. The monoisotopic (exact) mass is 380 g/mol. The van der Waals surface area contributed by atoms with Gasteiger partial charge in [-0.15, -0.1) is 0 Å². The predicted molar refractivity (Wildman–Crippen MR) is 93.1 cm³/mol. The fraction of sp³-hybridized carbons (Fsp3) is 0.0588. The molecule has 0 fully saturated rings. The van der Waals surface area contributed by atoms with E-state index in [9.17, 15) is 9.50 Å². The SMILES string of the molecule is COc1cc(/C=C(\Cl)c2nc(-c3ccc(F)cc3)no2)cc(Cl)c1O. The van der Waals surface area contributed by atoms with Crippen LogP contribution in [0, 0.1) is 5.82 Å². The molecule has 0 unspecified atom stereocenters. The number of phenols is 1. The molecule has 2 aromatic carbocycles. The largest absolute Gasteiger partial charge is 0.503 e. The number of halogens is 3. The fourth-order valence-corrected chi connectivity index (χ4v) is 2.50. The summed E-state index contributed by atoms with van der Waals surface area (Å²) in [6, 6.07) is 8.74. The van der Waals surface area contributed by atoms with Crippen molar-refractivity contribution in [2.45, 2.75) is 0 Å². The fourth-order valence-electron chi connectivity index (χ4n) is 2.08. The number of aromatic nitrogens is 2. The van der Waals surface area contributed by atoms with Crippen LogP contribution in [0.2, 0.25) is 5.02 Å². The Morgan fingerprint density at radius 1 is 1.28 bits per heavy atom. The quantitative estimate of drug-likeness (QED) is 0.690. The van der Waals surface area contributed by atoms with Crippen molar-refractivity contribution >= 4 is 34.3 Å². The van der Waals surface area contributed by atoms with E-state index in [4.69, 9.17) is 32.5 Å². The lowest BCUT2D eigenvalue weighted by Gasteiger charge is -2.06. The molecule has 0 aliphatic rings. The van der Waals surface area contributed by atoms with E-state index in [1.54, 1.807) is 6.07 Å². The number of nitrogens with zero attached hydrogens (tertiary/aromatic N) is 2. The number of methoxy groups -OCH3 is 1. The van der Waals surface area contributed by atoms with E-state index < -0.39 is 0 Å². The molecule has 0 radical (unpaired) electrons. The lowest BCUT2D eigenvalue weighted by molar-refractivity contribution is 0.373. The highest BCUT2D eigenvalue weighted by molar-refractivity contribution is 6.50. The van der Waals surface area contributed by atoms with Gasteiger partial charge in [-0.2, -0.15) is 4.98 Å². The lowest BCUT2D eigenvalue weighted by atomic mass is 10.2. The van der Waals surface area contributed by atoms with E-state index >= 15 is 0 Å². The van der Waals surface area contributed by atoms with Gasteiger partial charge in [-0.3, -0.25) is 0 Å². The van der Waals surface area contributed by atoms with E-state index in [0.717, 1.165) is 0 Å². The van der Waals surface area contributed by atoms with Crippen molar-refractivity contribution in [2.75, 3.05) is 7.11 Å². The first kappa shape index (κ1) is 17.3.